The molecule has 0 aliphatic heterocycles. The van der Waals surface area contributed by atoms with Crippen LogP contribution in [0, 0.1) is 17.8 Å². The summed E-state index contributed by atoms with van der Waals surface area (Å²) < 4.78 is 38.3. The average Bonchev–Trinajstić information content (AvgIpc) is 2.78. The molecule has 0 saturated heterocycles. The highest BCUT2D eigenvalue weighted by Gasteiger charge is 2.52. The average molecular weight is 456 g/mol. The van der Waals surface area contributed by atoms with Crippen molar-refractivity contribution in [2.75, 3.05) is 0 Å². The van der Waals surface area contributed by atoms with Gasteiger partial charge in [-0.15, -0.1) is 0 Å². The van der Waals surface area contributed by atoms with Gasteiger partial charge in [0.2, 0.25) is 0 Å². The Balaban J connectivity index is 1.52. The Hall–Kier alpha value is -0.870. The number of benzene rings is 1. The third-order valence-electron chi connectivity index (χ3n) is 10.1. The molecular formula is C28H39O3S-. The van der Waals surface area contributed by atoms with Gasteiger partial charge in [0.15, 0.2) is 0 Å². The summed E-state index contributed by atoms with van der Waals surface area (Å²) >= 11 is 0. The molecule has 0 spiro atoms. The van der Waals surface area contributed by atoms with Crippen LogP contribution in [0.1, 0.15) is 131 Å². The largest absolute Gasteiger partial charge is 0.744 e. The summed E-state index contributed by atoms with van der Waals surface area (Å²) in [5.41, 5.74) is 3.51. The molecule has 0 amide bonds. The van der Waals surface area contributed by atoms with Crippen molar-refractivity contribution in [3.63, 3.8) is 0 Å². The van der Waals surface area contributed by atoms with Crippen LogP contribution in [0.5, 0.6) is 0 Å². The molecule has 0 N–H and O–H groups in total. The first-order valence-corrected chi connectivity index (χ1v) is 15.0. The van der Waals surface area contributed by atoms with Crippen LogP contribution in [0.4, 0.5) is 0 Å². The fourth-order valence-electron chi connectivity index (χ4n) is 9.17. The van der Waals surface area contributed by atoms with Gasteiger partial charge >= 0.3 is 0 Å². The quantitative estimate of drug-likeness (QED) is 0.453. The van der Waals surface area contributed by atoms with E-state index >= 15 is 0 Å². The zero-order valence-electron chi connectivity index (χ0n) is 19.5. The highest BCUT2D eigenvalue weighted by atomic mass is 32.2. The minimum atomic E-state index is -4.49. The van der Waals surface area contributed by atoms with E-state index in [0.29, 0.717) is 0 Å². The van der Waals surface area contributed by atoms with E-state index in [9.17, 15) is 13.0 Å². The second-order valence-corrected chi connectivity index (χ2v) is 13.6. The number of rotatable bonds is 4. The Morgan fingerprint density at radius 1 is 0.688 bits per heavy atom. The smallest absolute Gasteiger partial charge is 0.124 e. The minimum Gasteiger partial charge on any atom is -0.744 e. The van der Waals surface area contributed by atoms with Crippen LogP contribution in [0.3, 0.4) is 0 Å². The maximum Gasteiger partial charge on any atom is 0.124 e. The molecule has 6 aliphatic carbocycles. The standard InChI is InChI=1S/C28H40O3S/c29-32(30,31)27-25(22-7-3-1-4-8-22)14-24(15-26(27)23-9-5-2-6-10-23)28-16-19-11-20(17-28)13-21(12-19)18-28/h14-15,19-23H,1-13,16-18H2,(H,29,30,31)/p-1. The van der Waals surface area contributed by atoms with Gasteiger partial charge < -0.3 is 4.55 Å². The lowest BCUT2D eigenvalue weighted by Gasteiger charge is -2.57. The Morgan fingerprint density at radius 3 is 1.47 bits per heavy atom. The van der Waals surface area contributed by atoms with Crippen molar-refractivity contribution >= 4 is 10.1 Å². The van der Waals surface area contributed by atoms with Crippen LogP contribution in [-0.4, -0.2) is 13.0 Å². The predicted octanol–water partition coefficient (Wildman–Crippen LogP) is 7.15. The van der Waals surface area contributed by atoms with Crippen molar-refractivity contribution in [1.29, 1.82) is 0 Å². The highest BCUT2D eigenvalue weighted by molar-refractivity contribution is 7.85. The van der Waals surface area contributed by atoms with Crippen molar-refractivity contribution in [2.45, 2.75) is 125 Å². The van der Waals surface area contributed by atoms with Crippen LogP contribution in [0.15, 0.2) is 17.0 Å². The summed E-state index contributed by atoms with van der Waals surface area (Å²) in [6.45, 7) is 0. The normalized spacial score (nSPS) is 36.0. The fourth-order valence-corrected chi connectivity index (χ4v) is 10.2. The third-order valence-corrected chi connectivity index (χ3v) is 11.1. The molecule has 6 saturated carbocycles. The van der Waals surface area contributed by atoms with Crippen molar-refractivity contribution in [3.8, 4) is 0 Å². The summed E-state index contributed by atoms with van der Waals surface area (Å²) in [6, 6.07) is 4.53. The van der Waals surface area contributed by atoms with Crippen LogP contribution >= 0.6 is 0 Å². The lowest BCUT2D eigenvalue weighted by atomic mass is 9.48. The molecule has 3 nitrogen and oxygen atoms in total. The van der Waals surface area contributed by atoms with Gasteiger partial charge in [0.25, 0.3) is 0 Å². The van der Waals surface area contributed by atoms with E-state index in [1.54, 1.807) is 0 Å². The molecule has 0 aromatic heterocycles. The lowest BCUT2D eigenvalue weighted by molar-refractivity contribution is -0.00532. The van der Waals surface area contributed by atoms with Gasteiger partial charge in [-0.05, 0) is 116 Å². The van der Waals surface area contributed by atoms with E-state index in [4.69, 9.17) is 0 Å². The zero-order chi connectivity index (χ0) is 21.9. The van der Waals surface area contributed by atoms with Crippen molar-refractivity contribution < 1.29 is 13.0 Å². The minimum absolute atomic E-state index is 0.213. The van der Waals surface area contributed by atoms with E-state index in [-0.39, 0.29) is 22.1 Å². The first-order valence-electron chi connectivity index (χ1n) is 13.6. The molecule has 4 heteroatoms. The second kappa shape index (κ2) is 8.12. The Bertz CT molecular complexity index is 892. The maximum absolute atomic E-state index is 12.8. The zero-order valence-corrected chi connectivity index (χ0v) is 20.3. The first kappa shape index (κ1) is 21.6. The number of hydrogen-bond acceptors (Lipinski definition) is 3. The van der Waals surface area contributed by atoms with E-state index in [1.165, 1.54) is 56.9 Å². The summed E-state index contributed by atoms with van der Waals surface area (Å²) in [5.74, 6) is 3.08. The lowest BCUT2D eigenvalue weighted by Crippen LogP contribution is -2.48. The van der Waals surface area contributed by atoms with Gasteiger partial charge in [-0.3, -0.25) is 0 Å². The summed E-state index contributed by atoms with van der Waals surface area (Å²) in [6.07, 6.45) is 19.4. The first-order chi connectivity index (χ1) is 15.4. The highest BCUT2D eigenvalue weighted by Crippen LogP contribution is 2.61. The predicted molar refractivity (Wildman–Crippen MR) is 126 cm³/mol. The Kier molecular flexibility index (Phi) is 5.49. The van der Waals surface area contributed by atoms with Crippen LogP contribution in [0.2, 0.25) is 0 Å². The molecule has 0 atom stereocenters. The molecule has 0 heterocycles. The summed E-state index contributed by atoms with van der Waals surface area (Å²) in [4.78, 5) is 0.213. The molecule has 1 aromatic carbocycles. The van der Waals surface area contributed by atoms with Crippen molar-refractivity contribution in [1.82, 2.24) is 0 Å². The Morgan fingerprint density at radius 2 is 1.09 bits per heavy atom. The molecule has 1 aromatic rings. The Labute approximate surface area is 194 Å². The molecule has 32 heavy (non-hydrogen) atoms. The molecule has 0 unspecified atom stereocenters. The van der Waals surface area contributed by atoms with Gasteiger partial charge in [-0.1, -0.05) is 50.7 Å². The van der Waals surface area contributed by atoms with Crippen molar-refractivity contribution in [3.05, 3.63) is 28.8 Å². The van der Waals surface area contributed by atoms with Gasteiger partial charge in [-0.2, -0.15) is 0 Å². The number of hydrogen-bond donors (Lipinski definition) is 0. The van der Waals surface area contributed by atoms with Gasteiger partial charge in [0.1, 0.15) is 10.1 Å². The SMILES string of the molecule is O=S(=O)([O-])c1c(C2CCCCC2)cc(C23CC4CC(CC(C4)C2)C3)cc1C1CCCCC1. The molecule has 4 bridgehead atoms. The third kappa shape index (κ3) is 3.78. The van der Waals surface area contributed by atoms with E-state index in [0.717, 1.165) is 80.2 Å². The van der Waals surface area contributed by atoms with Gasteiger partial charge in [-0.25, -0.2) is 8.42 Å². The van der Waals surface area contributed by atoms with Gasteiger partial charge in [0.05, 0.1) is 4.90 Å². The van der Waals surface area contributed by atoms with Crippen LogP contribution < -0.4 is 0 Å². The van der Waals surface area contributed by atoms with E-state index in [1.807, 2.05) is 0 Å². The summed E-state index contributed by atoms with van der Waals surface area (Å²) in [7, 11) is -4.49. The monoisotopic (exact) mass is 455 g/mol. The molecule has 176 valence electrons. The van der Waals surface area contributed by atoms with Crippen molar-refractivity contribution in [2.24, 2.45) is 17.8 Å². The topological polar surface area (TPSA) is 57.2 Å². The second-order valence-electron chi connectivity index (χ2n) is 12.3. The van der Waals surface area contributed by atoms with Crippen LogP contribution in [-0.2, 0) is 15.5 Å². The van der Waals surface area contributed by atoms with Crippen LogP contribution in [0.25, 0.3) is 0 Å². The fraction of sp³-hybridized carbons (Fsp3) is 0.786. The maximum atomic E-state index is 12.8. The molecular weight excluding hydrogens is 416 g/mol. The van der Waals surface area contributed by atoms with E-state index in [2.05, 4.69) is 12.1 Å². The molecule has 6 fully saturated rings. The summed E-state index contributed by atoms with van der Waals surface area (Å²) in [5, 5.41) is 0. The van der Waals surface area contributed by atoms with Gasteiger partial charge in [0, 0.05) is 0 Å². The molecule has 7 rings (SSSR count). The molecule has 0 radical (unpaired) electrons. The van der Waals surface area contributed by atoms with E-state index < -0.39 is 10.1 Å². The molecule has 6 aliphatic rings.